The molecule has 1 nitrogen and oxygen atoms in total. The van der Waals surface area contributed by atoms with Gasteiger partial charge >= 0.3 is 0 Å². The topological polar surface area (TPSA) is 9.23 Å². The SMILES string of the molecule is c1cc(-c2ccc3c(ccc4cc(-c5ccc6c(ccc7ccccc76)c5)ccc43)c2)c2c(c1)-c1cccc3c1c(cc1ccccc13)O2. The molecule has 0 aliphatic carbocycles. The van der Waals surface area contributed by atoms with Gasteiger partial charge in [0.15, 0.2) is 0 Å². The van der Waals surface area contributed by atoms with Crippen LogP contribution in [0.25, 0.3) is 98.0 Å². The van der Waals surface area contributed by atoms with E-state index >= 15 is 0 Å². The Kier molecular flexibility index (Phi) is 5.45. The molecule has 0 N–H and O–H groups in total. The second-order valence-corrected chi connectivity index (χ2v) is 13.3. The maximum atomic E-state index is 6.83. The van der Waals surface area contributed by atoms with Crippen molar-refractivity contribution in [2.75, 3.05) is 0 Å². The number of para-hydroxylation sites is 1. The molecule has 1 heteroatoms. The van der Waals surface area contributed by atoms with Gasteiger partial charge in [-0.05, 0) is 106 Å². The minimum absolute atomic E-state index is 0.922. The smallest absolute Gasteiger partial charge is 0.143 e. The number of ether oxygens (including phenoxy) is 1. The van der Waals surface area contributed by atoms with Crippen LogP contribution in [0.15, 0.2) is 170 Å². The van der Waals surface area contributed by atoms with Crippen molar-refractivity contribution in [3.8, 4) is 44.9 Å². The third-order valence-electron chi connectivity index (χ3n) is 10.6. The predicted molar refractivity (Wildman–Crippen MR) is 208 cm³/mol. The zero-order chi connectivity index (χ0) is 32.1. The normalized spacial score (nSPS) is 12.2. The Bertz CT molecular complexity index is 3020. The van der Waals surface area contributed by atoms with Gasteiger partial charge in [-0.3, -0.25) is 0 Å². The molecule has 0 aromatic heterocycles. The maximum absolute atomic E-state index is 6.83. The average Bonchev–Trinajstić information content (AvgIpc) is 3.17. The van der Waals surface area contributed by atoms with E-state index in [0.29, 0.717) is 0 Å². The van der Waals surface area contributed by atoms with Crippen molar-refractivity contribution in [2.24, 2.45) is 0 Å². The van der Waals surface area contributed by atoms with Crippen LogP contribution >= 0.6 is 0 Å². The lowest BCUT2D eigenvalue weighted by Gasteiger charge is -2.24. The van der Waals surface area contributed by atoms with Crippen LogP contribution in [0.1, 0.15) is 0 Å². The number of rotatable bonds is 2. The minimum Gasteiger partial charge on any atom is -0.455 e. The number of hydrogen-bond acceptors (Lipinski definition) is 1. The van der Waals surface area contributed by atoms with Gasteiger partial charge < -0.3 is 4.74 Å². The summed E-state index contributed by atoms with van der Waals surface area (Å²) in [4.78, 5) is 0. The Morgan fingerprint density at radius 3 is 1.47 bits per heavy atom. The Morgan fingerprint density at radius 1 is 0.286 bits per heavy atom. The first-order valence-corrected chi connectivity index (χ1v) is 16.9. The van der Waals surface area contributed by atoms with Crippen LogP contribution < -0.4 is 4.74 Å². The van der Waals surface area contributed by atoms with E-state index in [1.807, 2.05) is 0 Å². The molecule has 0 radical (unpaired) electrons. The molecule has 10 aromatic rings. The van der Waals surface area contributed by atoms with E-state index in [1.54, 1.807) is 0 Å². The fourth-order valence-electron chi connectivity index (χ4n) is 8.24. The van der Waals surface area contributed by atoms with Crippen molar-refractivity contribution < 1.29 is 4.74 Å². The van der Waals surface area contributed by atoms with Crippen molar-refractivity contribution in [1.29, 1.82) is 0 Å². The Morgan fingerprint density at radius 2 is 0.755 bits per heavy atom. The van der Waals surface area contributed by atoms with Crippen LogP contribution in [-0.2, 0) is 0 Å². The van der Waals surface area contributed by atoms with Crippen LogP contribution in [-0.4, -0.2) is 0 Å². The predicted octanol–water partition coefficient (Wildman–Crippen LogP) is 13.7. The van der Waals surface area contributed by atoms with Gasteiger partial charge in [-0.2, -0.15) is 0 Å². The molecule has 0 bridgehead atoms. The van der Waals surface area contributed by atoms with Gasteiger partial charge in [0.1, 0.15) is 11.5 Å². The zero-order valence-electron chi connectivity index (χ0n) is 26.6. The van der Waals surface area contributed by atoms with Crippen LogP contribution in [0.5, 0.6) is 11.5 Å². The Hall–Kier alpha value is -6.44. The first-order valence-electron chi connectivity index (χ1n) is 16.9. The zero-order valence-corrected chi connectivity index (χ0v) is 26.6. The van der Waals surface area contributed by atoms with Gasteiger partial charge in [0, 0.05) is 16.5 Å². The molecule has 0 atom stereocenters. The summed E-state index contributed by atoms with van der Waals surface area (Å²) in [5.41, 5.74) is 7.09. The van der Waals surface area contributed by atoms with Gasteiger partial charge in [0.2, 0.25) is 0 Å². The van der Waals surface area contributed by atoms with E-state index in [1.165, 1.54) is 81.3 Å². The van der Waals surface area contributed by atoms with Crippen LogP contribution in [0, 0.1) is 0 Å². The summed E-state index contributed by atoms with van der Waals surface area (Å²) in [6.07, 6.45) is 0. The maximum Gasteiger partial charge on any atom is 0.143 e. The molecule has 1 aliphatic rings. The highest BCUT2D eigenvalue weighted by molar-refractivity contribution is 6.17. The lowest BCUT2D eigenvalue weighted by molar-refractivity contribution is 0.489. The highest BCUT2D eigenvalue weighted by Crippen LogP contribution is 2.52. The van der Waals surface area contributed by atoms with Gasteiger partial charge in [0.25, 0.3) is 0 Å². The molecule has 10 aromatic carbocycles. The molecule has 226 valence electrons. The first-order chi connectivity index (χ1) is 24.3. The summed E-state index contributed by atoms with van der Waals surface area (Å²) >= 11 is 0. The summed E-state index contributed by atoms with van der Waals surface area (Å²) < 4.78 is 6.83. The van der Waals surface area contributed by atoms with E-state index < -0.39 is 0 Å². The van der Waals surface area contributed by atoms with E-state index in [4.69, 9.17) is 4.74 Å². The molecule has 0 fully saturated rings. The number of fused-ring (bicyclic) bond motifs is 10. The fourth-order valence-corrected chi connectivity index (χ4v) is 8.24. The van der Waals surface area contributed by atoms with Crippen molar-refractivity contribution >= 4 is 64.6 Å². The highest BCUT2D eigenvalue weighted by atomic mass is 16.5. The summed E-state index contributed by atoms with van der Waals surface area (Å²) in [7, 11) is 0. The Labute approximate surface area is 283 Å². The third kappa shape index (κ3) is 3.94. The molecule has 0 saturated heterocycles. The van der Waals surface area contributed by atoms with Crippen molar-refractivity contribution in [1.82, 2.24) is 0 Å². The van der Waals surface area contributed by atoms with Crippen LogP contribution in [0.4, 0.5) is 0 Å². The van der Waals surface area contributed by atoms with E-state index in [2.05, 4.69) is 170 Å². The van der Waals surface area contributed by atoms with Gasteiger partial charge in [0.05, 0.1) is 0 Å². The standard InChI is InChI=1S/C48H28O/c1-3-9-37-29(7-1)15-16-33-25-30(19-22-39(33)37)31-20-23-40-34(26-31)17-18-35-27-36(21-24-41(35)40)42-11-5-14-45-44-13-6-12-43-38-10-4-2-8-32(38)28-46(47(43)44)49-48(42)45/h1-28H. The summed E-state index contributed by atoms with van der Waals surface area (Å²) in [6.45, 7) is 0. The molecule has 0 amide bonds. The lowest BCUT2D eigenvalue weighted by Crippen LogP contribution is -1.99. The van der Waals surface area contributed by atoms with Gasteiger partial charge in [-0.15, -0.1) is 0 Å². The lowest BCUT2D eigenvalue weighted by atomic mass is 9.89. The van der Waals surface area contributed by atoms with Gasteiger partial charge in [-0.25, -0.2) is 0 Å². The Balaban J connectivity index is 1.00. The van der Waals surface area contributed by atoms with E-state index in [-0.39, 0.29) is 0 Å². The molecule has 49 heavy (non-hydrogen) atoms. The molecule has 1 heterocycles. The second-order valence-electron chi connectivity index (χ2n) is 13.3. The van der Waals surface area contributed by atoms with Crippen LogP contribution in [0.2, 0.25) is 0 Å². The fraction of sp³-hybridized carbons (Fsp3) is 0. The molecule has 0 unspecified atom stereocenters. The molecule has 0 saturated carbocycles. The number of benzene rings is 10. The summed E-state index contributed by atoms with van der Waals surface area (Å²) in [6, 6.07) is 62.1. The molecular formula is C48H28O. The van der Waals surface area contributed by atoms with E-state index in [9.17, 15) is 0 Å². The van der Waals surface area contributed by atoms with Gasteiger partial charge in [-0.1, -0.05) is 146 Å². The largest absolute Gasteiger partial charge is 0.455 e. The number of hydrogen-bond donors (Lipinski definition) is 0. The third-order valence-corrected chi connectivity index (χ3v) is 10.6. The van der Waals surface area contributed by atoms with Crippen molar-refractivity contribution in [2.45, 2.75) is 0 Å². The average molecular weight is 621 g/mol. The highest BCUT2D eigenvalue weighted by Gasteiger charge is 2.24. The summed E-state index contributed by atoms with van der Waals surface area (Å²) in [5.74, 6) is 1.84. The second kappa shape index (κ2) is 10.0. The molecule has 11 rings (SSSR count). The first kappa shape index (κ1) is 26.6. The quantitative estimate of drug-likeness (QED) is 0.175. The monoisotopic (exact) mass is 620 g/mol. The van der Waals surface area contributed by atoms with Crippen molar-refractivity contribution in [3.63, 3.8) is 0 Å². The molecule has 1 aliphatic heterocycles. The molecular weight excluding hydrogens is 593 g/mol. The van der Waals surface area contributed by atoms with Crippen LogP contribution in [0.3, 0.4) is 0 Å². The summed E-state index contributed by atoms with van der Waals surface area (Å²) in [5, 5.41) is 15.0. The minimum atomic E-state index is 0.922. The van der Waals surface area contributed by atoms with E-state index in [0.717, 1.165) is 28.2 Å². The molecule has 0 spiro atoms. The van der Waals surface area contributed by atoms with Crippen molar-refractivity contribution in [3.05, 3.63) is 170 Å².